The first-order valence-electron chi connectivity index (χ1n) is 6.80. The van der Waals surface area contributed by atoms with Gasteiger partial charge in [-0.1, -0.05) is 47.1 Å². The Morgan fingerprint density at radius 3 is 2.86 bits per heavy atom. The van der Waals surface area contributed by atoms with Crippen LogP contribution in [0.5, 0.6) is 0 Å². The number of fused-ring (bicyclic) bond motifs is 2. The summed E-state index contributed by atoms with van der Waals surface area (Å²) in [5.41, 5.74) is 4.37. The van der Waals surface area contributed by atoms with Gasteiger partial charge in [-0.3, -0.25) is 0 Å². The zero-order chi connectivity index (χ0) is 14.4. The third kappa shape index (κ3) is 2.27. The first-order valence-corrected chi connectivity index (χ1v) is 8.05. The van der Waals surface area contributed by atoms with Crippen LogP contribution in [0.3, 0.4) is 0 Å². The zero-order valence-corrected chi connectivity index (χ0v) is 13.0. The van der Waals surface area contributed by atoms with Gasteiger partial charge in [0.2, 0.25) is 0 Å². The number of anilines is 1. The summed E-state index contributed by atoms with van der Waals surface area (Å²) < 4.78 is 0. The molecule has 2 heterocycles. The molecule has 3 aromatic rings. The lowest BCUT2D eigenvalue weighted by Crippen LogP contribution is -2.03. The molecule has 0 radical (unpaired) electrons. The molecular formula is C17H13ClN2S. The molecule has 104 valence electrons. The molecule has 0 amide bonds. The van der Waals surface area contributed by atoms with Gasteiger partial charge in [-0.25, -0.2) is 4.98 Å². The smallest absolute Gasteiger partial charge is 0.135 e. The molecule has 1 aliphatic heterocycles. The van der Waals surface area contributed by atoms with E-state index in [1.54, 1.807) is 11.8 Å². The fourth-order valence-corrected chi connectivity index (χ4v) is 4.08. The Balaban J connectivity index is 1.79. The number of thioether (sulfide) groups is 1. The second kappa shape index (κ2) is 4.93. The first kappa shape index (κ1) is 13.0. The molecule has 4 rings (SSSR count). The molecule has 2 aromatic carbocycles. The molecule has 4 heteroatoms. The van der Waals surface area contributed by atoms with Gasteiger partial charge in [-0.2, -0.15) is 0 Å². The largest absolute Gasteiger partial charge is 0.368 e. The normalized spacial score (nSPS) is 16.8. The molecule has 0 spiro atoms. The summed E-state index contributed by atoms with van der Waals surface area (Å²) in [6, 6.07) is 16.7. The van der Waals surface area contributed by atoms with E-state index in [1.165, 1.54) is 10.5 Å². The number of pyridine rings is 1. The van der Waals surface area contributed by atoms with Crippen molar-refractivity contribution in [3.05, 3.63) is 64.8 Å². The van der Waals surface area contributed by atoms with Gasteiger partial charge in [-0.15, -0.1) is 0 Å². The van der Waals surface area contributed by atoms with Crippen molar-refractivity contribution in [1.82, 2.24) is 4.98 Å². The highest BCUT2D eigenvalue weighted by molar-refractivity contribution is 8.00. The van der Waals surface area contributed by atoms with Gasteiger partial charge in [0.05, 0.1) is 5.52 Å². The Morgan fingerprint density at radius 1 is 1.14 bits per heavy atom. The van der Waals surface area contributed by atoms with E-state index < -0.39 is 0 Å². The molecular weight excluding hydrogens is 300 g/mol. The minimum Gasteiger partial charge on any atom is -0.368 e. The number of nitrogens with zero attached hydrogens (tertiary/aromatic N) is 1. The quantitative estimate of drug-likeness (QED) is 0.608. The van der Waals surface area contributed by atoms with Crippen molar-refractivity contribution in [2.24, 2.45) is 0 Å². The lowest BCUT2D eigenvalue weighted by atomic mass is 10.1. The van der Waals surface area contributed by atoms with Crippen molar-refractivity contribution in [1.29, 1.82) is 0 Å². The number of para-hydroxylation sites is 1. The third-order valence-electron chi connectivity index (χ3n) is 3.65. The molecule has 0 fully saturated rings. The number of nitrogens with one attached hydrogen (secondary N) is 1. The summed E-state index contributed by atoms with van der Waals surface area (Å²) >= 11 is 8.18. The van der Waals surface area contributed by atoms with E-state index in [2.05, 4.69) is 53.6 Å². The number of aromatic nitrogens is 1. The van der Waals surface area contributed by atoms with Crippen LogP contribution in [-0.4, -0.2) is 4.98 Å². The van der Waals surface area contributed by atoms with Gasteiger partial charge in [0, 0.05) is 21.5 Å². The third-order valence-corrected chi connectivity index (χ3v) is 5.17. The Bertz CT molecular complexity index is 822. The monoisotopic (exact) mass is 312 g/mol. The molecule has 1 unspecified atom stereocenters. The average Bonchev–Trinajstić information content (AvgIpc) is 2.90. The maximum atomic E-state index is 6.40. The van der Waals surface area contributed by atoms with E-state index in [1.807, 2.05) is 12.1 Å². The summed E-state index contributed by atoms with van der Waals surface area (Å²) in [7, 11) is 0. The van der Waals surface area contributed by atoms with Crippen molar-refractivity contribution in [2.75, 3.05) is 5.32 Å². The van der Waals surface area contributed by atoms with Gasteiger partial charge < -0.3 is 5.32 Å². The summed E-state index contributed by atoms with van der Waals surface area (Å²) in [5.74, 6) is 0. The van der Waals surface area contributed by atoms with Crippen LogP contribution in [0.4, 0.5) is 5.69 Å². The highest BCUT2D eigenvalue weighted by atomic mass is 35.5. The van der Waals surface area contributed by atoms with Crippen LogP contribution in [0.25, 0.3) is 10.9 Å². The van der Waals surface area contributed by atoms with E-state index in [9.17, 15) is 0 Å². The molecule has 1 aliphatic rings. The van der Waals surface area contributed by atoms with E-state index in [0.717, 1.165) is 22.2 Å². The number of halogens is 1. The number of hydrogen-bond acceptors (Lipinski definition) is 3. The summed E-state index contributed by atoms with van der Waals surface area (Å²) in [5, 5.41) is 5.33. The van der Waals surface area contributed by atoms with Crippen LogP contribution in [0.2, 0.25) is 5.15 Å². The maximum Gasteiger partial charge on any atom is 0.135 e. The van der Waals surface area contributed by atoms with Crippen LogP contribution in [0.15, 0.2) is 53.4 Å². The second-order valence-electron chi connectivity index (χ2n) is 5.20. The van der Waals surface area contributed by atoms with E-state index in [-0.39, 0.29) is 5.37 Å². The Kier molecular flexibility index (Phi) is 3.05. The Labute approximate surface area is 132 Å². The molecule has 0 saturated carbocycles. The molecule has 21 heavy (non-hydrogen) atoms. The lowest BCUT2D eigenvalue weighted by Gasteiger charge is -2.13. The number of rotatable bonds is 1. The molecule has 2 nitrogen and oxygen atoms in total. The number of hydrogen-bond donors (Lipinski definition) is 1. The first-order chi connectivity index (χ1) is 10.2. The van der Waals surface area contributed by atoms with Crippen molar-refractivity contribution < 1.29 is 0 Å². The fourth-order valence-electron chi connectivity index (χ4n) is 2.60. The maximum absolute atomic E-state index is 6.40. The van der Waals surface area contributed by atoms with Gasteiger partial charge in [0.1, 0.15) is 10.5 Å². The highest BCUT2D eigenvalue weighted by Gasteiger charge is 2.25. The average molecular weight is 313 g/mol. The predicted molar refractivity (Wildman–Crippen MR) is 90.2 cm³/mol. The van der Waals surface area contributed by atoms with Crippen molar-refractivity contribution in [2.45, 2.75) is 17.2 Å². The van der Waals surface area contributed by atoms with E-state index in [0.29, 0.717) is 5.15 Å². The van der Waals surface area contributed by atoms with E-state index in [4.69, 9.17) is 11.6 Å². The van der Waals surface area contributed by atoms with Gasteiger partial charge in [-0.05, 0) is 37.3 Å². The zero-order valence-electron chi connectivity index (χ0n) is 11.4. The highest BCUT2D eigenvalue weighted by Crippen LogP contribution is 2.47. The van der Waals surface area contributed by atoms with Crippen LogP contribution in [0, 0.1) is 6.92 Å². The van der Waals surface area contributed by atoms with E-state index >= 15 is 0 Å². The van der Waals surface area contributed by atoms with Gasteiger partial charge >= 0.3 is 0 Å². The molecule has 0 saturated heterocycles. The van der Waals surface area contributed by atoms with Gasteiger partial charge in [0.25, 0.3) is 0 Å². The van der Waals surface area contributed by atoms with Gasteiger partial charge in [0.15, 0.2) is 0 Å². The number of benzene rings is 2. The fraction of sp³-hybridized carbons (Fsp3) is 0.118. The van der Waals surface area contributed by atoms with Crippen LogP contribution >= 0.6 is 23.4 Å². The number of aryl methyl sites for hydroxylation is 1. The van der Waals surface area contributed by atoms with Crippen molar-refractivity contribution >= 4 is 40.0 Å². The van der Waals surface area contributed by atoms with Crippen LogP contribution in [-0.2, 0) is 0 Å². The minimum atomic E-state index is 0.118. The molecule has 1 atom stereocenters. The predicted octanol–water partition coefficient (Wildman–Crippen LogP) is 5.41. The summed E-state index contributed by atoms with van der Waals surface area (Å²) in [6.45, 7) is 2.09. The minimum absolute atomic E-state index is 0.118. The standard InChI is InChI=1S/C17H13ClN2S/c1-10-6-7-13-11(8-10)9-12(16(18)19-13)17-20-14-4-2-3-5-15(14)21-17/h2-9,17,20H,1H3. The van der Waals surface area contributed by atoms with Crippen LogP contribution < -0.4 is 5.32 Å². The summed E-state index contributed by atoms with van der Waals surface area (Å²) in [6.07, 6.45) is 0. The second-order valence-corrected chi connectivity index (χ2v) is 6.71. The Morgan fingerprint density at radius 2 is 2.00 bits per heavy atom. The SMILES string of the molecule is Cc1ccc2nc(Cl)c(C3Nc4ccccc4S3)cc2c1. The summed E-state index contributed by atoms with van der Waals surface area (Å²) in [4.78, 5) is 5.79. The molecule has 0 aliphatic carbocycles. The Hall–Kier alpha value is -1.71. The molecule has 1 N–H and O–H groups in total. The van der Waals surface area contributed by atoms with Crippen molar-refractivity contribution in [3.63, 3.8) is 0 Å². The van der Waals surface area contributed by atoms with Crippen LogP contribution in [0.1, 0.15) is 16.5 Å². The lowest BCUT2D eigenvalue weighted by molar-refractivity contribution is 1.11. The van der Waals surface area contributed by atoms with Crippen molar-refractivity contribution in [3.8, 4) is 0 Å². The molecule has 0 bridgehead atoms. The molecule has 1 aromatic heterocycles. The topological polar surface area (TPSA) is 24.9 Å².